The number of carbonyl (C=O) groups excluding carboxylic acids is 1. The molecule has 8 heteroatoms. The topological polar surface area (TPSA) is 84.9 Å². The van der Waals surface area contributed by atoms with Crippen LogP contribution in [0.2, 0.25) is 0 Å². The standard InChI is InChI=1S/C19H24N2O5S/c1-14(2)26-18-8-6-5-7-17(18)21(27(4,23)24)13-19(22)20-15-9-11-16(25-3)12-10-15/h5-12,14H,13H2,1-4H3,(H,20,22). The van der Waals surface area contributed by atoms with Crippen molar-refractivity contribution in [3.63, 3.8) is 0 Å². The van der Waals surface area contributed by atoms with E-state index in [1.807, 2.05) is 13.8 Å². The highest BCUT2D eigenvalue weighted by atomic mass is 32.2. The quantitative estimate of drug-likeness (QED) is 0.747. The predicted molar refractivity (Wildman–Crippen MR) is 106 cm³/mol. The number of ether oxygens (including phenoxy) is 2. The van der Waals surface area contributed by atoms with Crippen molar-refractivity contribution < 1.29 is 22.7 Å². The van der Waals surface area contributed by atoms with Gasteiger partial charge in [-0.3, -0.25) is 9.10 Å². The molecule has 2 aromatic rings. The molecule has 0 fully saturated rings. The van der Waals surface area contributed by atoms with Gasteiger partial charge in [-0.25, -0.2) is 8.42 Å². The Labute approximate surface area is 160 Å². The van der Waals surface area contributed by atoms with Gasteiger partial charge in [-0.1, -0.05) is 12.1 Å². The van der Waals surface area contributed by atoms with Crippen LogP contribution in [0.3, 0.4) is 0 Å². The highest BCUT2D eigenvalue weighted by molar-refractivity contribution is 7.92. The highest BCUT2D eigenvalue weighted by Gasteiger charge is 2.24. The molecule has 1 N–H and O–H groups in total. The molecule has 0 saturated carbocycles. The Morgan fingerprint density at radius 2 is 1.74 bits per heavy atom. The van der Waals surface area contributed by atoms with Crippen LogP contribution in [0.15, 0.2) is 48.5 Å². The summed E-state index contributed by atoms with van der Waals surface area (Å²) in [5.41, 5.74) is 0.861. The first-order chi connectivity index (χ1) is 12.7. The molecular weight excluding hydrogens is 368 g/mol. The fourth-order valence-electron chi connectivity index (χ4n) is 2.40. The zero-order valence-corrected chi connectivity index (χ0v) is 16.6. The van der Waals surface area contributed by atoms with Crippen molar-refractivity contribution >= 4 is 27.3 Å². The molecule has 7 nitrogen and oxygen atoms in total. The number of nitrogens with zero attached hydrogens (tertiary/aromatic N) is 1. The van der Waals surface area contributed by atoms with Crippen molar-refractivity contribution in [2.75, 3.05) is 29.5 Å². The van der Waals surface area contributed by atoms with Gasteiger partial charge >= 0.3 is 0 Å². The maximum Gasteiger partial charge on any atom is 0.245 e. The van der Waals surface area contributed by atoms with Gasteiger partial charge in [0.2, 0.25) is 15.9 Å². The van der Waals surface area contributed by atoms with Gasteiger partial charge in [-0.15, -0.1) is 0 Å². The third-order valence-corrected chi connectivity index (χ3v) is 4.68. The Morgan fingerprint density at radius 3 is 2.30 bits per heavy atom. The van der Waals surface area contributed by atoms with Gasteiger partial charge in [0.25, 0.3) is 0 Å². The second kappa shape index (κ2) is 8.77. The van der Waals surface area contributed by atoms with Gasteiger partial charge in [0.1, 0.15) is 18.0 Å². The Bertz CT molecular complexity index is 879. The minimum Gasteiger partial charge on any atom is -0.497 e. The van der Waals surface area contributed by atoms with Crippen molar-refractivity contribution in [3.8, 4) is 11.5 Å². The zero-order chi connectivity index (χ0) is 20.0. The summed E-state index contributed by atoms with van der Waals surface area (Å²) in [6.07, 6.45) is 0.917. The molecule has 0 aliphatic heterocycles. The zero-order valence-electron chi connectivity index (χ0n) is 15.8. The van der Waals surface area contributed by atoms with Crippen molar-refractivity contribution in [2.45, 2.75) is 20.0 Å². The largest absolute Gasteiger partial charge is 0.497 e. The van der Waals surface area contributed by atoms with E-state index in [1.54, 1.807) is 55.6 Å². The number of rotatable bonds is 8. The van der Waals surface area contributed by atoms with Crippen LogP contribution in [0.1, 0.15) is 13.8 Å². The third kappa shape index (κ3) is 5.89. The van der Waals surface area contributed by atoms with E-state index in [0.29, 0.717) is 22.9 Å². The Kier molecular flexibility index (Phi) is 6.68. The summed E-state index contributed by atoms with van der Waals surface area (Å²) in [5.74, 6) is 0.589. The number of para-hydroxylation sites is 2. The van der Waals surface area contributed by atoms with Crippen molar-refractivity contribution in [1.82, 2.24) is 0 Å². The minimum atomic E-state index is -3.70. The van der Waals surface area contributed by atoms with Crippen LogP contribution in [0, 0.1) is 0 Å². The summed E-state index contributed by atoms with van der Waals surface area (Å²) >= 11 is 0. The number of hydrogen-bond donors (Lipinski definition) is 1. The van der Waals surface area contributed by atoms with E-state index < -0.39 is 15.9 Å². The molecule has 0 atom stereocenters. The molecular formula is C19H24N2O5S. The summed E-state index contributed by atoms with van der Waals surface area (Å²) in [4.78, 5) is 12.4. The molecule has 0 aliphatic carbocycles. The van der Waals surface area contributed by atoms with Crippen molar-refractivity contribution in [1.29, 1.82) is 0 Å². The first-order valence-electron chi connectivity index (χ1n) is 8.38. The number of hydrogen-bond acceptors (Lipinski definition) is 5. The lowest BCUT2D eigenvalue weighted by molar-refractivity contribution is -0.114. The molecule has 0 spiro atoms. The molecule has 2 aromatic carbocycles. The van der Waals surface area contributed by atoms with Gasteiger partial charge in [0.05, 0.1) is 25.2 Å². The molecule has 27 heavy (non-hydrogen) atoms. The van der Waals surface area contributed by atoms with Crippen LogP contribution in [0.5, 0.6) is 11.5 Å². The lowest BCUT2D eigenvalue weighted by Crippen LogP contribution is -2.37. The monoisotopic (exact) mass is 392 g/mol. The van der Waals surface area contributed by atoms with E-state index >= 15 is 0 Å². The fraction of sp³-hybridized carbons (Fsp3) is 0.316. The van der Waals surface area contributed by atoms with Crippen LogP contribution in [-0.4, -0.2) is 40.3 Å². The maximum absolute atomic E-state index is 12.4. The van der Waals surface area contributed by atoms with Crippen LogP contribution < -0.4 is 19.1 Å². The van der Waals surface area contributed by atoms with E-state index in [-0.39, 0.29) is 12.6 Å². The van der Waals surface area contributed by atoms with Crippen LogP contribution >= 0.6 is 0 Å². The van der Waals surface area contributed by atoms with E-state index in [4.69, 9.17) is 9.47 Å². The average molecular weight is 392 g/mol. The van der Waals surface area contributed by atoms with E-state index in [9.17, 15) is 13.2 Å². The Hall–Kier alpha value is -2.74. The molecule has 0 unspecified atom stereocenters. The highest BCUT2D eigenvalue weighted by Crippen LogP contribution is 2.30. The molecule has 0 aromatic heterocycles. The number of methoxy groups -OCH3 is 1. The molecule has 146 valence electrons. The average Bonchev–Trinajstić information content (AvgIpc) is 2.60. The Morgan fingerprint density at radius 1 is 1.11 bits per heavy atom. The third-order valence-electron chi connectivity index (χ3n) is 3.56. The second-order valence-corrected chi connectivity index (χ2v) is 8.09. The number of amides is 1. The number of sulfonamides is 1. The summed E-state index contributed by atoms with van der Waals surface area (Å²) in [7, 11) is -2.15. The number of anilines is 2. The van der Waals surface area contributed by atoms with Gasteiger partial charge < -0.3 is 14.8 Å². The molecule has 1 amide bonds. The van der Waals surface area contributed by atoms with Gasteiger partial charge in [-0.05, 0) is 50.2 Å². The lowest BCUT2D eigenvalue weighted by atomic mass is 10.2. The maximum atomic E-state index is 12.4. The van der Waals surface area contributed by atoms with Crippen molar-refractivity contribution in [2.24, 2.45) is 0 Å². The smallest absolute Gasteiger partial charge is 0.245 e. The van der Waals surface area contributed by atoms with Gasteiger partial charge in [0.15, 0.2) is 0 Å². The first-order valence-corrected chi connectivity index (χ1v) is 10.2. The predicted octanol–water partition coefficient (Wildman–Crippen LogP) is 2.89. The summed E-state index contributed by atoms with van der Waals surface area (Å²) in [5, 5.41) is 2.68. The van der Waals surface area contributed by atoms with Gasteiger partial charge in [0, 0.05) is 5.69 Å². The normalized spacial score (nSPS) is 11.1. The summed E-state index contributed by atoms with van der Waals surface area (Å²) < 4.78 is 36.4. The second-order valence-electron chi connectivity index (χ2n) is 6.18. The molecule has 0 saturated heterocycles. The van der Waals surface area contributed by atoms with Gasteiger partial charge in [-0.2, -0.15) is 0 Å². The minimum absolute atomic E-state index is 0.138. The molecule has 0 heterocycles. The fourth-order valence-corrected chi connectivity index (χ4v) is 3.26. The van der Waals surface area contributed by atoms with E-state index in [2.05, 4.69) is 5.32 Å². The van der Waals surface area contributed by atoms with Crippen LogP contribution in [-0.2, 0) is 14.8 Å². The van der Waals surface area contributed by atoms with Crippen molar-refractivity contribution in [3.05, 3.63) is 48.5 Å². The molecule has 0 aliphatic rings. The number of carbonyl (C=O) groups is 1. The molecule has 2 rings (SSSR count). The van der Waals surface area contributed by atoms with E-state index in [1.165, 1.54) is 0 Å². The van der Waals surface area contributed by atoms with Crippen LogP contribution in [0.4, 0.5) is 11.4 Å². The lowest BCUT2D eigenvalue weighted by Gasteiger charge is -2.25. The Balaban J connectivity index is 2.24. The van der Waals surface area contributed by atoms with E-state index in [0.717, 1.165) is 10.6 Å². The number of benzene rings is 2. The SMILES string of the molecule is COc1ccc(NC(=O)CN(c2ccccc2OC(C)C)S(C)(=O)=O)cc1. The first kappa shape index (κ1) is 20.6. The number of nitrogens with one attached hydrogen (secondary N) is 1. The molecule has 0 bridgehead atoms. The summed E-state index contributed by atoms with van der Waals surface area (Å²) in [6, 6.07) is 13.5. The van der Waals surface area contributed by atoms with Crippen LogP contribution in [0.25, 0.3) is 0 Å². The molecule has 0 radical (unpaired) electrons. The summed E-state index contributed by atoms with van der Waals surface area (Å²) in [6.45, 7) is 3.32.